The lowest BCUT2D eigenvalue weighted by Crippen LogP contribution is -2.49. The normalized spacial score (nSPS) is 45.5. The van der Waals surface area contributed by atoms with E-state index in [1.54, 1.807) is 19.3 Å². The molecule has 2 N–H and O–H groups in total. The number of hydrogen-bond donors (Lipinski definition) is 1. The van der Waals surface area contributed by atoms with Crippen molar-refractivity contribution < 1.29 is 0 Å². The van der Waals surface area contributed by atoms with Crippen molar-refractivity contribution in [3.8, 4) is 0 Å². The van der Waals surface area contributed by atoms with Gasteiger partial charge in [0.2, 0.25) is 0 Å². The summed E-state index contributed by atoms with van der Waals surface area (Å²) < 4.78 is 0. The van der Waals surface area contributed by atoms with Gasteiger partial charge in [0.1, 0.15) is 0 Å². The highest BCUT2D eigenvalue weighted by molar-refractivity contribution is 5.02. The van der Waals surface area contributed by atoms with E-state index in [0.717, 1.165) is 24.3 Å². The number of nitrogens with zero attached hydrogens (tertiary/aromatic N) is 1. The van der Waals surface area contributed by atoms with Crippen LogP contribution in [-0.2, 0) is 0 Å². The third kappa shape index (κ3) is 2.39. The summed E-state index contributed by atoms with van der Waals surface area (Å²) in [5.74, 6) is 3.19. The highest BCUT2D eigenvalue weighted by Crippen LogP contribution is 2.61. The van der Waals surface area contributed by atoms with Gasteiger partial charge in [-0.25, -0.2) is 0 Å². The van der Waals surface area contributed by atoms with Gasteiger partial charge in [0.25, 0.3) is 0 Å². The zero-order chi connectivity index (χ0) is 12.0. The lowest BCUT2D eigenvalue weighted by molar-refractivity contribution is -0.0610. The first-order valence-corrected chi connectivity index (χ1v) is 7.45. The van der Waals surface area contributed by atoms with Crippen molar-refractivity contribution in [2.24, 2.45) is 28.9 Å². The minimum absolute atomic E-state index is 0.390. The maximum Gasteiger partial charge on any atom is 0.0172 e. The highest BCUT2D eigenvalue weighted by Gasteiger charge is 2.50. The Morgan fingerprint density at radius 3 is 1.94 bits per heavy atom. The lowest BCUT2D eigenvalue weighted by Gasteiger charge is -2.57. The standard InChI is InChI=1S/C15H28N2/c1-17(2)10-14(16)9-15-6-11-3-12(7-15)5-13(4-11)8-15/h11-14H,3-10,16H2,1-2H3. The van der Waals surface area contributed by atoms with E-state index in [4.69, 9.17) is 5.73 Å². The molecule has 1 atom stereocenters. The van der Waals surface area contributed by atoms with E-state index in [0.29, 0.717) is 11.5 Å². The van der Waals surface area contributed by atoms with E-state index in [2.05, 4.69) is 19.0 Å². The molecule has 0 saturated heterocycles. The van der Waals surface area contributed by atoms with Crippen LogP contribution >= 0.6 is 0 Å². The molecule has 0 radical (unpaired) electrons. The molecular weight excluding hydrogens is 208 g/mol. The van der Waals surface area contributed by atoms with Crippen LogP contribution in [0.2, 0.25) is 0 Å². The Morgan fingerprint density at radius 2 is 1.53 bits per heavy atom. The van der Waals surface area contributed by atoms with E-state index in [9.17, 15) is 0 Å². The third-order valence-electron chi connectivity index (χ3n) is 5.46. The van der Waals surface area contributed by atoms with Gasteiger partial charge in [-0.15, -0.1) is 0 Å². The van der Waals surface area contributed by atoms with E-state index in [1.807, 2.05) is 0 Å². The Morgan fingerprint density at radius 1 is 1.06 bits per heavy atom. The second kappa shape index (κ2) is 4.24. The molecule has 0 aromatic heterocycles. The van der Waals surface area contributed by atoms with Crippen LogP contribution < -0.4 is 5.73 Å². The maximum atomic E-state index is 6.35. The van der Waals surface area contributed by atoms with Crippen LogP contribution in [0.25, 0.3) is 0 Å². The van der Waals surface area contributed by atoms with Crippen LogP contribution in [0, 0.1) is 23.2 Å². The van der Waals surface area contributed by atoms with Crippen molar-refractivity contribution in [1.82, 2.24) is 4.90 Å². The van der Waals surface area contributed by atoms with Crippen molar-refractivity contribution in [1.29, 1.82) is 0 Å². The Labute approximate surface area is 106 Å². The maximum absolute atomic E-state index is 6.35. The summed E-state index contributed by atoms with van der Waals surface area (Å²) in [6.07, 6.45) is 10.4. The molecule has 4 aliphatic carbocycles. The first kappa shape index (κ1) is 12.0. The van der Waals surface area contributed by atoms with Gasteiger partial charge in [-0.05, 0) is 82.2 Å². The van der Waals surface area contributed by atoms with E-state index in [1.165, 1.54) is 25.7 Å². The minimum Gasteiger partial charge on any atom is -0.327 e. The molecule has 4 rings (SSSR count). The predicted molar refractivity (Wildman–Crippen MR) is 71.8 cm³/mol. The fraction of sp³-hybridized carbons (Fsp3) is 1.00. The summed E-state index contributed by atoms with van der Waals surface area (Å²) in [6.45, 7) is 1.06. The number of nitrogens with two attached hydrogens (primary N) is 1. The summed E-state index contributed by atoms with van der Waals surface area (Å²) in [5.41, 5.74) is 7.01. The van der Waals surface area contributed by atoms with Crippen molar-refractivity contribution >= 4 is 0 Å². The summed E-state index contributed by atoms with van der Waals surface area (Å²) in [5, 5.41) is 0. The van der Waals surface area contributed by atoms with E-state index in [-0.39, 0.29) is 0 Å². The smallest absolute Gasteiger partial charge is 0.0172 e. The van der Waals surface area contributed by atoms with Gasteiger partial charge in [0, 0.05) is 12.6 Å². The van der Waals surface area contributed by atoms with Crippen LogP contribution in [0.15, 0.2) is 0 Å². The largest absolute Gasteiger partial charge is 0.327 e. The van der Waals surface area contributed by atoms with Crippen LogP contribution in [-0.4, -0.2) is 31.6 Å². The molecule has 4 bridgehead atoms. The van der Waals surface area contributed by atoms with Gasteiger partial charge < -0.3 is 10.6 Å². The Hall–Kier alpha value is -0.0800. The zero-order valence-electron chi connectivity index (χ0n) is 11.5. The highest BCUT2D eigenvalue weighted by atomic mass is 15.1. The average molecular weight is 236 g/mol. The van der Waals surface area contributed by atoms with Crippen molar-refractivity contribution in [2.45, 2.75) is 51.0 Å². The summed E-state index contributed by atoms with van der Waals surface area (Å²) >= 11 is 0. The summed E-state index contributed by atoms with van der Waals surface area (Å²) in [7, 11) is 4.28. The van der Waals surface area contributed by atoms with Crippen LogP contribution in [0.4, 0.5) is 0 Å². The van der Waals surface area contributed by atoms with Gasteiger partial charge in [0.05, 0.1) is 0 Å². The van der Waals surface area contributed by atoms with E-state index < -0.39 is 0 Å². The van der Waals surface area contributed by atoms with Gasteiger partial charge in [0.15, 0.2) is 0 Å². The molecule has 1 unspecified atom stereocenters. The van der Waals surface area contributed by atoms with Gasteiger partial charge in [-0.3, -0.25) is 0 Å². The topological polar surface area (TPSA) is 29.3 Å². The molecule has 0 amide bonds. The third-order valence-corrected chi connectivity index (χ3v) is 5.46. The van der Waals surface area contributed by atoms with Crippen LogP contribution in [0.3, 0.4) is 0 Å². The molecule has 0 heterocycles. The predicted octanol–water partition coefficient (Wildman–Crippen LogP) is 2.48. The first-order chi connectivity index (χ1) is 8.05. The van der Waals surface area contributed by atoms with Crippen LogP contribution in [0.5, 0.6) is 0 Å². The average Bonchev–Trinajstić information content (AvgIpc) is 2.11. The quantitative estimate of drug-likeness (QED) is 0.812. The molecule has 4 fully saturated rings. The molecule has 4 saturated carbocycles. The summed E-state index contributed by atoms with van der Waals surface area (Å²) in [4.78, 5) is 2.24. The van der Waals surface area contributed by atoms with Gasteiger partial charge in [-0.2, -0.15) is 0 Å². The molecule has 0 aromatic carbocycles. The lowest BCUT2D eigenvalue weighted by atomic mass is 9.48. The second-order valence-electron chi connectivity index (χ2n) is 7.64. The first-order valence-electron chi connectivity index (χ1n) is 7.45. The van der Waals surface area contributed by atoms with Crippen molar-refractivity contribution in [2.75, 3.05) is 20.6 Å². The fourth-order valence-corrected chi connectivity index (χ4v) is 5.63. The molecule has 17 heavy (non-hydrogen) atoms. The molecular formula is C15H28N2. The second-order valence-corrected chi connectivity index (χ2v) is 7.64. The van der Waals surface area contributed by atoms with Crippen molar-refractivity contribution in [3.05, 3.63) is 0 Å². The number of likely N-dealkylation sites (N-methyl/N-ethyl adjacent to an activating group) is 1. The monoisotopic (exact) mass is 236 g/mol. The zero-order valence-corrected chi connectivity index (χ0v) is 11.5. The van der Waals surface area contributed by atoms with Gasteiger partial charge >= 0.3 is 0 Å². The molecule has 2 nitrogen and oxygen atoms in total. The fourth-order valence-electron chi connectivity index (χ4n) is 5.63. The molecule has 98 valence electrons. The molecule has 0 aromatic rings. The van der Waals surface area contributed by atoms with Crippen LogP contribution in [0.1, 0.15) is 44.9 Å². The Kier molecular flexibility index (Phi) is 2.99. The Bertz CT molecular complexity index is 249. The SMILES string of the molecule is CN(C)CC(N)CC12CC3CC(CC(C3)C1)C2. The number of rotatable bonds is 4. The molecule has 4 aliphatic rings. The molecule has 2 heteroatoms. The Balaban J connectivity index is 1.65. The molecule has 0 spiro atoms. The van der Waals surface area contributed by atoms with Crippen molar-refractivity contribution in [3.63, 3.8) is 0 Å². The summed E-state index contributed by atoms with van der Waals surface area (Å²) in [6, 6.07) is 0.390. The molecule has 0 aliphatic heterocycles. The van der Waals surface area contributed by atoms with Gasteiger partial charge in [-0.1, -0.05) is 0 Å². The minimum atomic E-state index is 0.390. The number of hydrogen-bond acceptors (Lipinski definition) is 2. The van der Waals surface area contributed by atoms with E-state index >= 15 is 0 Å².